The Morgan fingerprint density at radius 1 is 0.941 bits per heavy atom. The van der Waals surface area contributed by atoms with Crippen molar-refractivity contribution in [3.05, 3.63) is 47.5 Å². The third kappa shape index (κ3) is 1.31. The molecule has 0 fully saturated rings. The molecule has 2 amide bonds. The Kier molecular flexibility index (Phi) is 2.19. The Morgan fingerprint density at radius 3 is 1.94 bits per heavy atom. The van der Waals surface area contributed by atoms with E-state index in [1.807, 2.05) is 24.3 Å². The van der Waals surface area contributed by atoms with Gasteiger partial charge < -0.3 is 0 Å². The third-order valence-electron chi connectivity index (χ3n) is 2.92. The number of rotatable bonds is 1. The summed E-state index contributed by atoms with van der Waals surface area (Å²) in [4.78, 5) is 24.3. The van der Waals surface area contributed by atoms with E-state index in [1.54, 1.807) is 18.4 Å². The Bertz CT molecular complexity index is 600. The molecule has 84 valence electrons. The molecule has 0 atom stereocenters. The molecular formula is C13H9NO2S. The van der Waals surface area contributed by atoms with Crippen LogP contribution >= 0.6 is 11.9 Å². The highest BCUT2D eigenvalue weighted by atomic mass is 32.2. The molecule has 3 rings (SSSR count). The van der Waals surface area contributed by atoms with Crippen molar-refractivity contribution in [1.29, 1.82) is 0 Å². The van der Waals surface area contributed by atoms with E-state index in [4.69, 9.17) is 0 Å². The van der Waals surface area contributed by atoms with Crippen LogP contribution in [0.25, 0.3) is 10.8 Å². The number of nitrogens with zero attached hydrogens (tertiary/aromatic N) is 1. The average Bonchev–Trinajstić information content (AvgIpc) is 2.36. The molecule has 0 aliphatic carbocycles. The first-order chi connectivity index (χ1) is 8.24. The minimum Gasteiger partial charge on any atom is -0.268 e. The molecule has 2 aromatic rings. The molecule has 0 saturated carbocycles. The molecule has 0 aromatic heterocycles. The summed E-state index contributed by atoms with van der Waals surface area (Å²) < 4.78 is 1.21. The van der Waals surface area contributed by atoms with Gasteiger partial charge in [-0.1, -0.05) is 24.3 Å². The van der Waals surface area contributed by atoms with Gasteiger partial charge >= 0.3 is 0 Å². The van der Waals surface area contributed by atoms with E-state index < -0.39 is 0 Å². The largest absolute Gasteiger partial charge is 0.271 e. The predicted molar refractivity (Wildman–Crippen MR) is 68.0 cm³/mol. The van der Waals surface area contributed by atoms with Gasteiger partial charge in [0.1, 0.15) is 0 Å². The minimum absolute atomic E-state index is 0.230. The molecule has 0 bridgehead atoms. The number of hydrogen-bond acceptors (Lipinski definition) is 3. The quantitative estimate of drug-likeness (QED) is 0.571. The van der Waals surface area contributed by atoms with Crippen molar-refractivity contribution < 1.29 is 9.59 Å². The summed E-state index contributed by atoms with van der Waals surface area (Å²) in [5.74, 6) is -0.460. The zero-order valence-corrected chi connectivity index (χ0v) is 9.95. The maximum Gasteiger partial charge on any atom is 0.271 e. The molecule has 0 saturated heterocycles. The van der Waals surface area contributed by atoms with Crippen LogP contribution in [0.15, 0.2) is 36.4 Å². The van der Waals surface area contributed by atoms with Gasteiger partial charge in [0.05, 0.1) is 0 Å². The van der Waals surface area contributed by atoms with Crippen LogP contribution in [-0.2, 0) is 0 Å². The van der Waals surface area contributed by atoms with Crippen molar-refractivity contribution in [2.24, 2.45) is 0 Å². The standard InChI is InChI=1S/C13H9NO2S/c1-17-14-12(15)9-6-2-4-8-5-3-7-10(11(8)9)13(14)16/h2-7H,1H3. The fourth-order valence-electron chi connectivity index (χ4n) is 2.17. The topological polar surface area (TPSA) is 37.4 Å². The van der Waals surface area contributed by atoms with Crippen molar-refractivity contribution in [3.8, 4) is 0 Å². The van der Waals surface area contributed by atoms with Gasteiger partial charge in [0, 0.05) is 22.8 Å². The molecule has 1 aliphatic heterocycles. The Morgan fingerprint density at radius 2 is 1.47 bits per heavy atom. The molecule has 0 unspecified atom stereocenters. The molecule has 17 heavy (non-hydrogen) atoms. The number of carbonyl (C=O) groups excluding carboxylic acids is 2. The zero-order valence-electron chi connectivity index (χ0n) is 9.14. The number of hydrogen-bond donors (Lipinski definition) is 0. The van der Waals surface area contributed by atoms with E-state index in [-0.39, 0.29) is 11.8 Å². The van der Waals surface area contributed by atoms with Gasteiger partial charge in [-0.3, -0.25) is 9.59 Å². The van der Waals surface area contributed by atoms with E-state index in [2.05, 4.69) is 0 Å². The molecule has 1 aliphatic rings. The molecule has 3 nitrogen and oxygen atoms in total. The van der Waals surface area contributed by atoms with Crippen molar-refractivity contribution in [1.82, 2.24) is 4.31 Å². The SMILES string of the molecule is CSN1C(=O)c2cccc3cccc(c23)C1=O. The lowest BCUT2D eigenvalue weighted by Crippen LogP contribution is -2.34. The molecule has 4 heteroatoms. The first-order valence-corrected chi connectivity index (χ1v) is 6.37. The Hall–Kier alpha value is -1.81. The second-order valence-electron chi connectivity index (χ2n) is 3.80. The van der Waals surface area contributed by atoms with Crippen LogP contribution in [0.2, 0.25) is 0 Å². The van der Waals surface area contributed by atoms with Crippen LogP contribution in [0, 0.1) is 0 Å². The van der Waals surface area contributed by atoms with E-state index >= 15 is 0 Å². The first-order valence-electron chi connectivity index (χ1n) is 5.18. The maximum absolute atomic E-state index is 12.1. The van der Waals surface area contributed by atoms with Crippen LogP contribution in [0.4, 0.5) is 0 Å². The number of carbonyl (C=O) groups is 2. The average molecular weight is 243 g/mol. The lowest BCUT2D eigenvalue weighted by atomic mass is 9.95. The minimum atomic E-state index is -0.230. The Balaban J connectivity index is 2.43. The number of benzene rings is 2. The monoisotopic (exact) mass is 243 g/mol. The lowest BCUT2D eigenvalue weighted by Gasteiger charge is -2.24. The van der Waals surface area contributed by atoms with Gasteiger partial charge in [-0.15, -0.1) is 0 Å². The Labute approximate surface area is 103 Å². The number of imide groups is 1. The zero-order chi connectivity index (χ0) is 12.0. The van der Waals surface area contributed by atoms with Gasteiger partial charge in [0.15, 0.2) is 0 Å². The van der Waals surface area contributed by atoms with Crippen LogP contribution in [0.1, 0.15) is 20.7 Å². The third-order valence-corrected chi connectivity index (χ3v) is 3.61. The van der Waals surface area contributed by atoms with Gasteiger partial charge in [-0.05, 0) is 29.5 Å². The molecule has 0 N–H and O–H groups in total. The molecule has 0 radical (unpaired) electrons. The van der Waals surface area contributed by atoms with E-state index in [1.165, 1.54) is 4.31 Å². The fourth-order valence-corrected chi connectivity index (χ4v) is 2.70. The van der Waals surface area contributed by atoms with Crippen LogP contribution in [-0.4, -0.2) is 22.4 Å². The molecule has 0 spiro atoms. The highest BCUT2D eigenvalue weighted by Gasteiger charge is 2.32. The van der Waals surface area contributed by atoms with E-state index in [0.717, 1.165) is 22.7 Å². The predicted octanol–water partition coefficient (Wildman–Crippen LogP) is 2.71. The van der Waals surface area contributed by atoms with Crippen LogP contribution in [0.3, 0.4) is 0 Å². The summed E-state index contributed by atoms with van der Waals surface area (Å²) >= 11 is 1.14. The lowest BCUT2D eigenvalue weighted by molar-refractivity contribution is 0.0738. The van der Waals surface area contributed by atoms with Crippen molar-refractivity contribution in [3.63, 3.8) is 0 Å². The summed E-state index contributed by atoms with van der Waals surface area (Å²) in [6, 6.07) is 11.0. The van der Waals surface area contributed by atoms with Crippen molar-refractivity contribution >= 4 is 34.5 Å². The summed E-state index contributed by atoms with van der Waals surface area (Å²) in [6.45, 7) is 0. The second kappa shape index (κ2) is 3.60. The van der Waals surface area contributed by atoms with Crippen molar-refractivity contribution in [2.45, 2.75) is 0 Å². The van der Waals surface area contributed by atoms with Gasteiger partial charge in [0.25, 0.3) is 11.8 Å². The van der Waals surface area contributed by atoms with Crippen LogP contribution in [0.5, 0.6) is 0 Å². The van der Waals surface area contributed by atoms with Gasteiger partial charge in [-0.25, -0.2) is 4.31 Å². The first kappa shape index (κ1) is 10.4. The maximum atomic E-state index is 12.1. The van der Waals surface area contributed by atoms with Crippen LogP contribution < -0.4 is 0 Å². The van der Waals surface area contributed by atoms with E-state index in [0.29, 0.717) is 11.1 Å². The second-order valence-corrected chi connectivity index (χ2v) is 4.53. The molecular weight excluding hydrogens is 234 g/mol. The molecule has 1 heterocycles. The van der Waals surface area contributed by atoms with Crippen molar-refractivity contribution in [2.75, 3.05) is 6.26 Å². The summed E-state index contributed by atoms with van der Waals surface area (Å²) in [7, 11) is 0. The highest BCUT2D eigenvalue weighted by molar-refractivity contribution is 7.97. The van der Waals surface area contributed by atoms with Gasteiger partial charge in [-0.2, -0.15) is 0 Å². The normalized spacial score (nSPS) is 14.5. The smallest absolute Gasteiger partial charge is 0.268 e. The summed E-state index contributed by atoms with van der Waals surface area (Å²) in [5.41, 5.74) is 1.21. The summed E-state index contributed by atoms with van der Waals surface area (Å²) in [6.07, 6.45) is 1.73. The molecule has 2 aromatic carbocycles. The van der Waals surface area contributed by atoms with Gasteiger partial charge in [0.2, 0.25) is 0 Å². The summed E-state index contributed by atoms with van der Waals surface area (Å²) in [5, 5.41) is 1.71. The number of amides is 2. The van der Waals surface area contributed by atoms with E-state index in [9.17, 15) is 9.59 Å². The fraction of sp³-hybridized carbons (Fsp3) is 0.0769. The highest BCUT2D eigenvalue weighted by Crippen LogP contribution is 2.31.